The van der Waals surface area contributed by atoms with Crippen molar-refractivity contribution in [1.29, 1.82) is 0 Å². The van der Waals surface area contributed by atoms with Crippen molar-refractivity contribution in [1.82, 2.24) is 5.01 Å². The summed E-state index contributed by atoms with van der Waals surface area (Å²) in [5.41, 5.74) is -0.369. The molecule has 2 atom stereocenters. The lowest BCUT2D eigenvalue weighted by atomic mass is 9.72. The predicted octanol–water partition coefficient (Wildman–Crippen LogP) is 8.14. The van der Waals surface area contributed by atoms with E-state index in [4.69, 9.17) is 9.57 Å². The van der Waals surface area contributed by atoms with Crippen LogP contribution in [0.1, 0.15) is 82.2 Å². The molecule has 1 aliphatic carbocycles. The molecule has 7 nitrogen and oxygen atoms in total. The summed E-state index contributed by atoms with van der Waals surface area (Å²) >= 11 is 0. The zero-order valence-corrected chi connectivity index (χ0v) is 25.4. The van der Waals surface area contributed by atoms with Gasteiger partial charge in [-0.25, -0.2) is 0 Å². The van der Waals surface area contributed by atoms with Crippen molar-refractivity contribution in [2.24, 2.45) is 5.41 Å². The first-order valence-corrected chi connectivity index (χ1v) is 14.2. The lowest BCUT2D eigenvalue weighted by Gasteiger charge is -2.34. The standard InChI is InChI=1S/C31H36F6N3O4/c1-7-38(19(3)41)24-8-9-27(43-6)26(15-24)25-10-11-29(4,5)16-21(25)17-39-18(2)28(44-40(39)42)20-12-22(30(32,33)34)14-23(13-20)31(35,36)37/h8-9,12-15,18,28H,7,10-11,16-17H2,1-6H3/q+1. The van der Waals surface area contributed by atoms with Gasteiger partial charge in [0, 0.05) is 30.3 Å². The molecule has 0 spiro atoms. The molecular formula is C31H36F6N3O4+. The van der Waals surface area contributed by atoms with Crippen molar-refractivity contribution in [2.75, 3.05) is 25.1 Å². The first-order valence-electron chi connectivity index (χ1n) is 14.2. The van der Waals surface area contributed by atoms with Crippen molar-refractivity contribution in [2.45, 2.75) is 78.4 Å². The lowest BCUT2D eigenvalue weighted by molar-refractivity contribution is -0.888. The van der Waals surface area contributed by atoms with Crippen LogP contribution < -0.4 is 9.64 Å². The maximum atomic E-state index is 13.5. The number of hydrazine groups is 1. The van der Waals surface area contributed by atoms with Crippen LogP contribution in [0, 0.1) is 10.3 Å². The molecule has 0 saturated carbocycles. The van der Waals surface area contributed by atoms with Crippen LogP contribution in [0.5, 0.6) is 5.75 Å². The van der Waals surface area contributed by atoms with Gasteiger partial charge in [0.25, 0.3) is 0 Å². The number of halogens is 6. The summed E-state index contributed by atoms with van der Waals surface area (Å²) in [6, 6.07) is 5.73. The summed E-state index contributed by atoms with van der Waals surface area (Å²) in [6.45, 7) is 9.47. The molecule has 2 aromatic carbocycles. The van der Waals surface area contributed by atoms with E-state index in [1.54, 1.807) is 17.0 Å². The van der Waals surface area contributed by atoms with Gasteiger partial charge >= 0.3 is 17.4 Å². The number of ether oxygens (including phenoxy) is 1. The largest absolute Gasteiger partial charge is 0.496 e. The van der Waals surface area contributed by atoms with Gasteiger partial charge in [-0.05, 0) is 86.1 Å². The number of carbonyl (C=O) groups excluding carboxylic acids is 1. The van der Waals surface area contributed by atoms with Crippen LogP contribution in [0.2, 0.25) is 0 Å². The van der Waals surface area contributed by atoms with Crippen LogP contribution in [0.3, 0.4) is 0 Å². The molecule has 1 aliphatic heterocycles. The molecule has 1 fully saturated rings. The molecule has 2 aliphatic rings. The van der Waals surface area contributed by atoms with Crippen LogP contribution in [-0.4, -0.2) is 42.2 Å². The molecule has 4 rings (SSSR count). The summed E-state index contributed by atoms with van der Waals surface area (Å²) in [4.78, 5) is 32.3. The normalized spacial score (nSPS) is 20.5. The smallest absolute Gasteiger partial charge is 0.416 e. The topological polar surface area (TPSA) is 62.1 Å². The Kier molecular flexibility index (Phi) is 9.01. The fraction of sp³-hybridized carbons (Fsp3) is 0.516. The number of allylic oxidation sites excluding steroid dienone is 1. The van der Waals surface area contributed by atoms with Crippen LogP contribution in [0.25, 0.3) is 5.57 Å². The number of hydrogen-bond donors (Lipinski definition) is 0. The summed E-state index contributed by atoms with van der Waals surface area (Å²) in [5.74, 6) is 0.425. The summed E-state index contributed by atoms with van der Waals surface area (Å²) in [6.07, 6.45) is -9.48. The minimum absolute atomic E-state index is 0.0165. The second-order valence-electron chi connectivity index (χ2n) is 12.0. The Morgan fingerprint density at radius 3 is 2.23 bits per heavy atom. The molecule has 0 radical (unpaired) electrons. The number of amides is 1. The molecule has 44 heavy (non-hydrogen) atoms. The highest BCUT2D eigenvalue weighted by molar-refractivity contribution is 5.92. The van der Waals surface area contributed by atoms with E-state index in [2.05, 4.69) is 13.8 Å². The first-order chi connectivity index (χ1) is 20.4. The van der Waals surface area contributed by atoms with E-state index in [0.717, 1.165) is 23.1 Å². The number of nitrogens with zero attached hydrogens (tertiary/aromatic N) is 3. The number of alkyl halides is 6. The number of rotatable bonds is 7. The second kappa shape index (κ2) is 12.0. The summed E-state index contributed by atoms with van der Waals surface area (Å²) < 4.78 is 86.9. The van der Waals surface area contributed by atoms with Gasteiger partial charge < -0.3 is 9.64 Å². The number of hydrogen-bond acceptors (Lipinski definition) is 4. The van der Waals surface area contributed by atoms with E-state index >= 15 is 0 Å². The predicted molar refractivity (Wildman–Crippen MR) is 151 cm³/mol. The zero-order valence-electron chi connectivity index (χ0n) is 25.4. The van der Waals surface area contributed by atoms with Gasteiger partial charge in [0.1, 0.15) is 23.2 Å². The van der Waals surface area contributed by atoms with Crippen molar-refractivity contribution in [3.63, 3.8) is 0 Å². The van der Waals surface area contributed by atoms with E-state index in [9.17, 15) is 36.0 Å². The Labute approximate surface area is 251 Å². The van der Waals surface area contributed by atoms with Crippen molar-refractivity contribution >= 4 is 17.2 Å². The molecule has 0 aromatic heterocycles. The van der Waals surface area contributed by atoms with Gasteiger partial charge in [0.2, 0.25) is 12.0 Å². The highest BCUT2D eigenvalue weighted by Crippen LogP contribution is 2.47. The van der Waals surface area contributed by atoms with Crippen molar-refractivity contribution in [3.8, 4) is 5.75 Å². The Morgan fingerprint density at radius 1 is 1.09 bits per heavy atom. The van der Waals surface area contributed by atoms with E-state index < -0.39 is 41.2 Å². The third kappa shape index (κ3) is 6.81. The SMILES string of the molecule is CCN(C(C)=O)c1ccc(OC)c(C2=C(CN3C(C)C(c4cc(C(F)(F)F)cc(C(F)(F)F)c4)O[N+]3=O)CC(C)(C)CC2)c1. The number of carbonyl (C=O) groups is 1. The molecule has 1 amide bonds. The maximum absolute atomic E-state index is 13.5. The monoisotopic (exact) mass is 628 g/mol. The quantitative estimate of drug-likeness (QED) is 0.290. The molecule has 0 bridgehead atoms. The van der Waals surface area contributed by atoms with Gasteiger partial charge in [-0.1, -0.05) is 18.9 Å². The van der Waals surface area contributed by atoms with Crippen LogP contribution >= 0.6 is 0 Å². The Hall–Kier alpha value is -3.77. The number of anilines is 1. The highest BCUT2D eigenvalue weighted by atomic mass is 19.4. The average Bonchev–Trinajstić information content (AvgIpc) is 3.20. The molecule has 2 aromatic rings. The molecular weight excluding hydrogens is 592 g/mol. The third-order valence-electron chi connectivity index (χ3n) is 8.30. The van der Waals surface area contributed by atoms with Crippen LogP contribution in [0.15, 0.2) is 42.0 Å². The van der Waals surface area contributed by atoms with Gasteiger partial charge in [0.15, 0.2) is 0 Å². The minimum atomic E-state index is -5.04. The van der Waals surface area contributed by atoms with Crippen molar-refractivity contribution < 1.29 is 45.7 Å². The van der Waals surface area contributed by atoms with E-state index in [-0.39, 0.29) is 29.0 Å². The molecule has 13 heteroatoms. The fourth-order valence-corrected chi connectivity index (χ4v) is 6.01. The number of methoxy groups -OCH3 is 1. The summed E-state index contributed by atoms with van der Waals surface area (Å²) in [5, 5.41) is 1.41. The van der Waals surface area contributed by atoms with E-state index in [1.807, 2.05) is 13.0 Å². The molecule has 2 unspecified atom stereocenters. The molecule has 0 N–H and O–H groups in total. The highest BCUT2D eigenvalue weighted by Gasteiger charge is 2.50. The van der Waals surface area contributed by atoms with Gasteiger partial charge in [-0.15, -0.1) is 0 Å². The van der Waals surface area contributed by atoms with E-state index in [0.29, 0.717) is 43.0 Å². The Morgan fingerprint density at radius 2 is 1.70 bits per heavy atom. The maximum Gasteiger partial charge on any atom is 0.416 e. The van der Waals surface area contributed by atoms with E-state index in [1.165, 1.54) is 26.0 Å². The lowest BCUT2D eigenvalue weighted by Crippen LogP contribution is -2.36. The van der Waals surface area contributed by atoms with Crippen LogP contribution in [-0.2, 0) is 22.0 Å². The third-order valence-corrected chi connectivity index (χ3v) is 8.30. The zero-order chi connectivity index (χ0) is 32.8. The molecule has 1 saturated heterocycles. The second-order valence-corrected chi connectivity index (χ2v) is 12.0. The molecule has 1 heterocycles. The Bertz CT molecular complexity index is 1440. The Balaban J connectivity index is 1.76. The van der Waals surface area contributed by atoms with Crippen molar-refractivity contribution in [3.05, 3.63) is 69.1 Å². The average molecular weight is 629 g/mol. The first kappa shape index (κ1) is 33.1. The van der Waals surface area contributed by atoms with Crippen LogP contribution in [0.4, 0.5) is 32.0 Å². The molecule has 240 valence electrons. The minimum Gasteiger partial charge on any atom is -0.496 e. The number of benzene rings is 2. The van der Waals surface area contributed by atoms with Gasteiger partial charge in [-0.2, -0.15) is 31.2 Å². The summed E-state index contributed by atoms with van der Waals surface area (Å²) in [7, 11) is 1.53. The fourth-order valence-electron chi connectivity index (χ4n) is 6.01. The van der Waals surface area contributed by atoms with Gasteiger partial charge in [0.05, 0.1) is 18.2 Å². The van der Waals surface area contributed by atoms with Gasteiger partial charge in [-0.3, -0.25) is 4.79 Å².